The zero-order valence-corrected chi connectivity index (χ0v) is 15.5. The molecule has 0 spiro atoms. The molecule has 104 valence electrons. The molecule has 6 heteroatoms. The fourth-order valence-electron chi connectivity index (χ4n) is 1.60. The smallest absolute Gasteiger partial charge is 0.251 e. The number of nitrogens with one attached hydrogen (secondary N) is 1. The van der Waals surface area contributed by atoms with E-state index in [2.05, 4.69) is 24.1 Å². The average Bonchev–Trinajstić information content (AvgIpc) is 2.35. The molecular formula is C13H22ClN3OZn. The molecule has 1 amide bonds. The third kappa shape index (κ3) is 7.51. The molecule has 0 aliphatic rings. The van der Waals surface area contributed by atoms with Crippen LogP contribution in [0.2, 0.25) is 0 Å². The van der Waals surface area contributed by atoms with E-state index in [0.717, 1.165) is 19.6 Å². The normalized spacial score (nSPS) is 9.42. The van der Waals surface area contributed by atoms with Crippen LogP contribution in [-0.4, -0.2) is 37.0 Å². The molecule has 1 aromatic carbocycles. The SMILES string of the molecule is CCN(CC)CCNC(=O)c1ccc(N)cc1.Cl.[Zn]. The third-order valence-corrected chi connectivity index (χ3v) is 2.78. The molecule has 0 saturated carbocycles. The summed E-state index contributed by atoms with van der Waals surface area (Å²) in [7, 11) is 0. The molecule has 0 heterocycles. The number of amides is 1. The molecule has 0 fully saturated rings. The predicted molar refractivity (Wildman–Crippen MR) is 78.2 cm³/mol. The number of hydrogen-bond acceptors (Lipinski definition) is 3. The summed E-state index contributed by atoms with van der Waals surface area (Å²) in [6.45, 7) is 7.80. The summed E-state index contributed by atoms with van der Waals surface area (Å²) < 4.78 is 0. The van der Waals surface area contributed by atoms with E-state index in [1.807, 2.05) is 0 Å². The molecule has 0 aliphatic heterocycles. The van der Waals surface area contributed by atoms with E-state index in [4.69, 9.17) is 5.73 Å². The van der Waals surface area contributed by atoms with Crippen molar-refractivity contribution >= 4 is 24.0 Å². The van der Waals surface area contributed by atoms with Crippen molar-refractivity contribution in [2.45, 2.75) is 13.8 Å². The van der Waals surface area contributed by atoms with E-state index in [-0.39, 0.29) is 37.8 Å². The van der Waals surface area contributed by atoms with E-state index in [1.54, 1.807) is 24.3 Å². The van der Waals surface area contributed by atoms with Gasteiger partial charge in [-0.2, -0.15) is 0 Å². The van der Waals surface area contributed by atoms with Gasteiger partial charge in [-0.05, 0) is 37.4 Å². The summed E-state index contributed by atoms with van der Waals surface area (Å²) in [5.41, 5.74) is 6.89. The number of likely N-dealkylation sites (N-methyl/N-ethyl adjacent to an activating group) is 1. The van der Waals surface area contributed by atoms with Crippen LogP contribution in [0.3, 0.4) is 0 Å². The van der Waals surface area contributed by atoms with E-state index < -0.39 is 0 Å². The van der Waals surface area contributed by atoms with Gasteiger partial charge in [-0.25, -0.2) is 0 Å². The quantitative estimate of drug-likeness (QED) is 0.614. The molecule has 0 atom stereocenters. The Morgan fingerprint density at radius 2 is 1.74 bits per heavy atom. The van der Waals surface area contributed by atoms with Crippen LogP contribution in [0.5, 0.6) is 0 Å². The van der Waals surface area contributed by atoms with Gasteiger partial charge >= 0.3 is 0 Å². The van der Waals surface area contributed by atoms with Gasteiger partial charge in [-0.1, -0.05) is 13.8 Å². The first kappa shape index (κ1) is 20.7. The van der Waals surface area contributed by atoms with Gasteiger partial charge in [0.1, 0.15) is 0 Å². The first-order valence-corrected chi connectivity index (χ1v) is 6.03. The Morgan fingerprint density at radius 3 is 2.21 bits per heavy atom. The van der Waals surface area contributed by atoms with Crippen LogP contribution in [-0.2, 0) is 19.5 Å². The van der Waals surface area contributed by atoms with Crippen molar-refractivity contribution in [2.24, 2.45) is 0 Å². The number of halogens is 1. The topological polar surface area (TPSA) is 58.4 Å². The van der Waals surface area contributed by atoms with Gasteiger partial charge in [-0.15, -0.1) is 12.4 Å². The third-order valence-electron chi connectivity index (χ3n) is 2.78. The van der Waals surface area contributed by atoms with Gasteiger partial charge < -0.3 is 16.0 Å². The summed E-state index contributed by atoms with van der Waals surface area (Å²) in [5, 5.41) is 2.90. The van der Waals surface area contributed by atoms with Gasteiger partial charge in [0.15, 0.2) is 0 Å². The maximum Gasteiger partial charge on any atom is 0.251 e. The molecule has 19 heavy (non-hydrogen) atoms. The van der Waals surface area contributed by atoms with Gasteiger partial charge in [0.25, 0.3) is 5.91 Å². The number of hydrogen-bond donors (Lipinski definition) is 2. The van der Waals surface area contributed by atoms with E-state index >= 15 is 0 Å². The minimum Gasteiger partial charge on any atom is -0.399 e. The maximum atomic E-state index is 11.7. The molecule has 0 bridgehead atoms. The van der Waals surface area contributed by atoms with Crippen LogP contribution in [0.4, 0.5) is 5.69 Å². The summed E-state index contributed by atoms with van der Waals surface area (Å²) in [4.78, 5) is 14.0. The van der Waals surface area contributed by atoms with E-state index in [0.29, 0.717) is 17.8 Å². The fourth-order valence-corrected chi connectivity index (χ4v) is 1.60. The number of carbonyl (C=O) groups is 1. The Morgan fingerprint density at radius 1 is 1.21 bits per heavy atom. The number of anilines is 1. The molecule has 0 saturated heterocycles. The van der Waals surface area contributed by atoms with E-state index in [1.165, 1.54) is 0 Å². The molecule has 3 N–H and O–H groups in total. The van der Waals surface area contributed by atoms with Crippen molar-refractivity contribution in [1.82, 2.24) is 10.2 Å². The summed E-state index contributed by atoms with van der Waals surface area (Å²) >= 11 is 0. The van der Waals surface area contributed by atoms with Crippen LogP contribution < -0.4 is 11.1 Å². The van der Waals surface area contributed by atoms with Gasteiger partial charge in [0.05, 0.1) is 0 Å². The largest absolute Gasteiger partial charge is 0.399 e. The predicted octanol–water partition coefficient (Wildman–Crippen LogP) is 1.76. The number of rotatable bonds is 6. The summed E-state index contributed by atoms with van der Waals surface area (Å²) in [5.74, 6) is -0.0443. The van der Waals surface area contributed by atoms with Crippen molar-refractivity contribution in [3.8, 4) is 0 Å². The zero-order valence-electron chi connectivity index (χ0n) is 11.7. The van der Waals surface area contributed by atoms with Gasteiger partial charge in [-0.3, -0.25) is 4.79 Å². The van der Waals surface area contributed by atoms with Crippen LogP contribution in [0.15, 0.2) is 24.3 Å². The molecule has 0 aliphatic carbocycles. The standard InChI is InChI=1S/C13H21N3O.ClH.Zn/c1-3-16(4-2)10-9-15-13(17)11-5-7-12(14)8-6-11;;/h5-8H,3-4,9-10,14H2,1-2H3,(H,15,17);1H;. The van der Waals surface area contributed by atoms with Crippen LogP contribution in [0, 0.1) is 0 Å². The Labute approximate surface area is 134 Å². The Hall–Kier alpha value is -0.637. The molecule has 0 radical (unpaired) electrons. The summed E-state index contributed by atoms with van der Waals surface area (Å²) in [6, 6.07) is 6.95. The molecule has 1 aromatic rings. The number of nitrogens with two attached hydrogens (primary N) is 1. The van der Waals surface area contributed by atoms with Crippen molar-refractivity contribution in [1.29, 1.82) is 0 Å². The van der Waals surface area contributed by atoms with Crippen LogP contribution in [0.1, 0.15) is 24.2 Å². The number of nitrogen functional groups attached to an aromatic ring is 1. The zero-order chi connectivity index (χ0) is 12.7. The fraction of sp³-hybridized carbons (Fsp3) is 0.462. The van der Waals surface area contributed by atoms with Crippen LogP contribution in [0.25, 0.3) is 0 Å². The van der Waals surface area contributed by atoms with Crippen molar-refractivity contribution in [2.75, 3.05) is 31.9 Å². The second-order valence-corrected chi connectivity index (χ2v) is 3.90. The Balaban J connectivity index is 0. The van der Waals surface area contributed by atoms with Crippen LogP contribution >= 0.6 is 12.4 Å². The molecular weight excluding hydrogens is 315 g/mol. The average molecular weight is 337 g/mol. The van der Waals surface area contributed by atoms with Crippen molar-refractivity contribution < 1.29 is 24.3 Å². The van der Waals surface area contributed by atoms with Gasteiger partial charge in [0.2, 0.25) is 0 Å². The molecule has 4 nitrogen and oxygen atoms in total. The molecule has 1 rings (SSSR count). The minimum absolute atomic E-state index is 0. The molecule has 0 unspecified atom stereocenters. The van der Waals surface area contributed by atoms with Crippen molar-refractivity contribution in [3.63, 3.8) is 0 Å². The summed E-state index contributed by atoms with van der Waals surface area (Å²) in [6.07, 6.45) is 0. The van der Waals surface area contributed by atoms with E-state index in [9.17, 15) is 4.79 Å². The second-order valence-electron chi connectivity index (χ2n) is 3.90. The number of benzene rings is 1. The monoisotopic (exact) mass is 335 g/mol. The first-order chi connectivity index (χ1) is 8.17. The molecule has 0 aromatic heterocycles. The van der Waals surface area contributed by atoms with Crippen molar-refractivity contribution in [3.05, 3.63) is 29.8 Å². The van der Waals surface area contributed by atoms with Gasteiger partial charge in [0, 0.05) is 43.8 Å². The number of carbonyl (C=O) groups excluding carboxylic acids is 1. The Kier molecular flexibility index (Phi) is 12.2. The number of nitrogens with zero attached hydrogens (tertiary/aromatic N) is 1. The minimum atomic E-state index is -0.0443. The Bertz CT molecular complexity index is 355. The second kappa shape index (κ2) is 11.2. The maximum absolute atomic E-state index is 11.7. The first-order valence-electron chi connectivity index (χ1n) is 6.03.